The van der Waals surface area contributed by atoms with Gasteiger partial charge in [0.05, 0.1) is 12.7 Å². The van der Waals surface area contributed by atoms with E-state index in [4.69, 9.17) is 4.74 Å². The number of carbonyl (C=O) groups is 3. The number of hydrogen-bond acceptors (Lipinski definition) is 4. The van der Waals surface area contributed by atoms with Crippen LogP contribution in [0.3, 0.4) is 0 Å². The first-order chi connectivity index (χ1) is 8.11. The molecule has 1 aliphatic rings. The first-order valence-corrected chi connectivity index (χ1v) is 5.19. The molecular formula is C12H11NO4. The first kappa shape index (κ1) is 11.3. The van der Waals surface area contributed by atoms with Gasteiger partial charge in [0.2, 0.25) is 0 Å². The van der Waals surface area contributed by atoms with Crippen LogP contribution in [0, 0.1) is 0 Å². The quantitative estimate of drug-likeness (QED) is 0.562. The molecule has 5 nitrogen and oxygen atoms in total. The van der Waals surface area contributed by atoms with Gasteiger partial charge in [-0.3, -0.25) is 19.3 Å². The minimum absolute atomic E-state index is 0.115. The lowest BCUT2D eigenvalue weighted by Gasteiger charge is -2.25. The van der Waals surface area contributed by atoms with E-state index in [0.29, 0.717) is 5.75 Å². The second-order valence-electron chi connectivity index (χ2n) is 3.57. The average Bonchev–Trinajstić information content (AvgIpc) is 2.36. The van der Waals surface area contributed by atoms with Crippen molar-refractivity contribution in [2.45, 2.75) is 6.92 Å². The summed E-state index contributed by atoms with van der Waals surface area (Å²) in [4.78, 5) is 36.4. The number of amides is 2. The number of fused-ring (bicyclic) bond motifs is 1. The van der Waals surface area contributed by atoms with Crippen LogP contribution in [0.1, 0.15) is 27.6 Å². The summed E-state index contributed by atoms with van der Waals surface area (Å²) in [5.41, 5.74) is 0.283. The van der Waals surface area contributed by atoms with Crippen LogP contribution in [0.4, 0.5) is 0 Å². The van der Waals surface area contributed by atoms with Gasteiger partial charge in [-0.25, -0.2) is 0 Å². The third-order valence-electron chi connectivity index (χ3n) is 2.71. The molecule has 0 spiro atoms. The Labute approximate surface area is 98.0 Å². The lowest BCUT2D eigenvalue weighted by Crippen LogP contribution is -2.46. The Bertz CT molecular complexity index is 521. The zero-order valence-electron chi connectivity index (χ0n) is 9.52. The highest BCUT2D eigenvalue weighted by atomic mass is 16.5. The normalized spacial score (nSPS) is 14.9. The molecule has 0 atom stereocenters. The Balaban J connectivity index is 2.68. The number of rotatable bonds is 2. The molecule has 1 aliphatic heterocycles. The van der Waals surface area contributed by atoms with Crippen molar-refractivity contribution in [1.82, 2.24) is 4.90 Å². The molecule has 0 bridgehead atoms. The zero-order chi connectivity index (χ0) is 12.6. The Morgan fingerprint density at radius 3 is 2.47 bits per heavy atom. The van der Waals surface area contributed by atoms with E-state index in [-0.39, 0.29) is 17.7 Å². The number of nitrogens with zero attached hydrogens (tertiary/aromatic N) is 1. The van der Waals surface area contributed by atoms with Gasteiger partial charge in [0.25, 0.3) is 11.7 Å². The maximum atomic E-state index is 12.1. The van der Waals surface area contributed by atoms with E-state index >= 15 is 0 Å². The van der Waals surface area contributed by atoms with Crippen molar-refractivity contribution in [3.63, 3.8) is 0 Å². The highest BCUT2D eigenvalue weighted by Gasteiger charge is 2.38. The number of methoxy groups -OCH3 is 1. The fraction of sp³-hybridized carbons (Fsp3) is 0.250. The molecule has 0 unspecified atom stereocenters. The molecule has 0 fully saturated rings. The van der Waals surface area contributed by atoms with Crippen LogP contribution in [0.25, 0.3) is 0 Å². The van der Waals surface area contributed by atoms with E-state index in [0.717, 1.165) is 4.90 Å². The second kappa shape index (κ2) is 4.01. The summed E-state index contributed by atoms with van der Waals surface area (Å²) in [6.45, 7) is 1.81. The Morgan fingerprint density at radius 2 is 1.88 bits per heavy atom. The molecule has 1 heterocycles. The third kappa shape index (κ3) is 1.51. The number of ether oxygens (including phenoxy) is 1. The molecule has 0 aliphatic carbocycles. The maximum Gasteiger partial charge on any atom is 0.301 e. The van der Waals surface area contributed by atoms with Crippen molar-refractivity contribution >= 4 is 17.6 Å². The van der Waals surface area contributed by atoms with Crippen LogP contribution in [-0.4, -0.2) is 36.2 Å². The molecule has 88 valence electrons. The summed E-state index contributed by atoms with van der Waals surface area (Å²) in [7, 11) is 1.42. The largest absolute Gasteiger partial charge is 0.496 e. The third-order valence-corrected chi connectivity index (χ3v) is 2.71. The van der Waals surface area contributed by atoms with E-state index in [9.17, 15) is 14.4 Å². The van der Waals surface area contributed by atoms with Crippen LogP contribution in [0.5, 0.6) is 5.75 Å². The molecule has 5 heteroatoms. The van der Waals surface area contributed by atoms with Gasteiger partial charge < -0.3 is 4.74 Å². The number of benzene rings is 1. The molecule has 1 aromatic rings. The molecular weight excluding hydrogens is 222 g/mol. The Morgan fingerprint density at radius 1 is 1.18 bits per heavy atom. The molecule has 0 saturated carbocycles. The summed E-state index contributed by atoms with van der Waals surface area (Å²) in [6, 6.07) is 4.63. The Hall–Kier alpha value is -2.17. The standard InChI is InChI=1S/C12H11NO4/c1-3-13-11(15)9-7(10(14)12(13)16)5-4-6-8(9)17-2/h4-6H,3H2,1-2H3. The van der Waals surface area contributed by atoms with Crippen molar-refractivity contribution < 1.29 is 19.1 Å². The van der Waals surface area contributed by atoms with Gasteiger partial charge in [0, 0.05) is 12.1 Å². The highest BCUT2D eigenvalue weighted by Crippen LogP contribution is 2.28. The van der Waals surface area contributed by atoms with E-state index in [2.05, 4.69) is 0 Å². The van der Waals surface area contributed by atoms with Gasteiger partial charge in [0.15, 0.2) is 0 Å². The molecule has 0 radical (unpaired) electrons. The van der Waals surface area contributed by atoms with Gasteiger partial charge in [-0.15, -0.1) is 0 Å². The molecule has 1 aromatic carbocycles. The lowest BCUT2D eigenvalue weighted by atomic mass is 9.96. The van der Waals surface area contributed by atoms with Crippen molar-refractivity contribution in [1.29, 1.82) is 0 Å². The number of hydrogen-bond donors (Lipinski definition) is 0. The summed E-state index contributed by atoms with van der Waals surface area (Å²) in [5.74, 6) is -1.62. The van der Waals surface area contributed by atoms with Crippen molar-refractivity contribution in [2.75, 3.05) is 13.7 Å². The predicted octanol–water partition coefficient (Wildman–Crippen LogP) is 0.880. The van der Waals surface area contributed by atoms with Crippen LogP contribution in [0.15, 0.2) is 18.2 Å². The fourth-order valence-electron chi connectivity index (χ4n) is 1.86. The number of likely N-dealkylation sites (N-methyl/N-ethyl adjacent to an activating group) is 1. The molecule has 2 rings (SSSR count). The van der Waals surface area contributed by atoms with E-state index in [1.807, 2.05) is 0 Å². The van der Waals surface area contributed by atoms with Gasteiger partial charge in [0.1, 0.15) is 5.75 Å². The average molecular weight is 233 g/mol. The van der Waals surface area contributed by atoms with Crippen molar-refractivity contribution in [3.8, 4) is 5.75 Å². The summed E-state index contributed by atoms with van der Waals surface area (Å²) in [5, 5.41) is 0. The van der Waals surface area contributed by atoms with Gasteiger partial charge in [-0.05, 0) is 19.1 Å². The van der Waals surface area contributed by atoms with Crippen LogP contribution < -0.4 is 4.74 Å². The zero-order valence-corrected chi connectivity index (χ0v) is 9.52. The number of Topliss-reactive ketones (excluding diaryl/α,β-unsaturated/α-hetero) is 1. The molecule has 0 saturated heterocycles. The van der Waals surface area contributed by atoms with Crippen LogP contribution >= 0.6 is 0 Å². The van der Waals surface area contributed by atoms with Crippen molar-refractivity contribution in [2.24, 2.45) is 0 Å². The molecule has 0 N–H and O–H groups in total. The van der Waals surface area contributed by atoms with Crippen molar-refractivity contribution in [3.05, 3.63) is 29.3 Å². The Kier molecular flexibility index (Phi) is 2.67. The van der Waals surface area contributed by atoms with Gasteiger partial charge in [-0.1, -0.05) is 6.07 Å². The van der Waals surface area contributed by atoms with E-state index in [1.54, 1.807) is 19.1 Å². The minimum atomic E-state index is -0.779. The van der Waals surface area contributed by atoms with Gasteiger partial charge >= 0.3 is 5.91 Å². The summed E-state index contributed by atoms with van der Waals surface area (Å²) >= 11 is 0. The number of imide groups is 1. The van der Waals surface area contributed by atoms with E-state index in [1.165, 1.54) is 13.2 Å². The minimum Gasteiger partial charge on any atom is -0.496 e. The monoisotopic (exact) mass is 233 g/mol. The molecule has 2 amide bonds. The molecule has 17 heavy (non-hydrogen) atoms. The highest BCUT2D eigenvalue weighted by molar-refractivity contribution is 6.49. The predicted molar refractivity (Wildman–Crippen MR) is 59.0 cm³/mol. The topological polar surface area (TPSA) is 63.7 Å². The fourth-order valence-corrected chi connectivity index (χ4v) is 1.86. The number of carbonyl (C=O) groups excluding carboxylic acids is 3. The van der Waals surface area contributed by atoms with Crippen LogP contribution in [0.2, 0.25) is 0 Å². The number of ketones is 1. The van der Waals surface area contributed by atoms with E-state index < -0.39 is 17.6 Å². The van der Waals surface area contributed by atoms with Crippen LogP contribution in [-0.2, 0) is 4.79 Å². The molecule has 0 aromatic heterocycles. The smallest absolute Gasteiger partial charge is 0.301 e. The first-order valence-electron chi connectivity index (χ1n) is 5.19. The SMILES string of the molecule is CCN1C(=O)C(=O)c2cccc(OC)c2C1=O. The second-order valence-corrected chi connectivity index (χ2v) is 3.57. The maximum absolute atomic E-state index is 12.1. The van der Waals surface area contributed by atoms with Gasteiger partial charge in [-0.2, -0.15) is 0 Å². The summed E-state index contributed by atoms with van der Waals surface area (Å²) in [6.07, 6.45) is 0. The lowest BCUT2D eigenvalue weighted by molar-refractivity contribution is -0.124. The summed E-state index contributed by atoms with van der Waals surface area (Å²) < 4.78 is 5.05.